The molecule has 4 aliphatic rings. The van der Waals surface area contributed by atoms with Crippen molar-refractivity contribution < 1.29 is 33.9 Å². The number of benzene rings is 2. The molecule has 0 saturated carbocycles. The normalized spacial score (nSPS) is 25.9. The van der Waals surface area contributed by atoms with Gasteiger partial charge in [0.1, 0.15) is 30.7 Å². The fourth-order valence-corrected chi connectivity index (χ4v) is 6.59. The van der Waals surface area contributed by atoms with E-state index in [2.05, 4.69) is 0 Å². The molecule has 39 heavy (non-hydrogen) atoms. The minimum absolute atomic E-state index is 0.0107. The number of nitrogens with one attached hydrogen (secondary N) is 1. The van der Waals surface area contributed by atoms with E-state index in [1.165, 1.54) is 9.80 Å². The van der Waals surface area contributed by atoms with Gasteiger partial charge in [0.2, 0.25) is 0 Å². The number of likely N-dealkylation sites (N-methyl/N-ethyl adjacent to an activating group) is 1. The van der Waals surface area contributed by atoms with E-state index in [1.807, 2.05) is 26.0 Å². The van der Waals surface area contributed by atoms with Crippen molar-refractivity contribution in [1.82, 2.24) is 4.90 Å². The van der Waals surface area contributed by atoms with Crippen molar-refractivity contribution in [1.29, 1.82) is 0 Å². The Bertz CT molecular complexity index is 1380. The maximum atomic E-state index is 14.4. The summed E-state index contributed by atoms with van der Waals surface area (Å²) in [6.45, 7) is 8.38. The lowest BCUT2D eigenvalue weighted by Gasteiger charge is -2.35. The number of aliphatic hydroxyl groups excluding tert-OH is 1. The summed E-state index contributed by atoms with van der Waals surface area (Å²) in [6, 6.07) is 12.5. The van der Waals surface area contributed by atoms with Crippen molar-refractivity contribution >= 4 is 29.0 Å². The number of morpholine rings is 1. The van der Waals surface area contributed by atoms with Crippen LogP contribution in [0, 0.1) is 0 Å². The molecule has 204 valence electrons. The van der Waals surface area contributed by atoms with Crippen LogP contribution >= 0.6 is 0 Å². The van der Waals surface area contributed by atoms with Crippen LogP contribution < -0.4 is 14.5 Å². The van der Waals surface area contributed by atoms with Crippen molar-refractivity contribution in [3.8, 4) is 5.75 Å². The number of amides is 2. The summed E-state index contributed by atoms with van der Waals surface area (Å²) >= 11 is 0. The summed E-state index contributed by atoms with van der Waals surface area (Å²) in [6.07, 6.45) is 1.29. The summed E-state index contributed by atoms with van der Waals surface area (Å²) in [4.78, 5) is 46.2. The number of hydrogen-bond donors (Lipinski definition) is 2. The van der Waals surface area contributed by atoms with Crippen molar-refractivity contribution in [3.05, 3.63) is 64.7 Å². The first-order valence-electron chi connectivity index (χ1n) is 13.8. The number of fused-ring (bicyclic) bond motifs is 3. The number of anilines is 1. The van der Waals surface area contributed by atoms with Gasteiger partial charge in [-0.2, -0.15) is 0 Å². The van der Waals surface area contributed by atoms with Gasteiger partial charge in [-0.15, -0.1) is 0 Å². The summed E-state index contributed by atoms with van der Waals surface area (Å²) < 4.78 is 11.3. The molecule has 9 nitrogen and oxygen atoms in total. The number of Topliss-reactive ketones (excluding diaryl/α,β-unsaturated/α-hetero) is 1. The van der Waals surface area contributed by atoms with Crippen LogP contribution in [0.2, 0.25) is 0 Å². The Morgan fingerprint density at radius 2 is 1.90 bits per heavy atom. The lowest BCUT2D eigenvalue weighted by Crippen LogP contribution is -3.14. The Morgan fingerprint density at radius 3 is 2.67 bits per heavy atom. The monoisotopic (exact) mass is 532 g/mol. The van der Waals surface area contributed by atoms with Gasteiger partial charge in [-0.05, 0) is 43.7 Å². The van der Waals surface area contributed by atoms with Crippen molar-refractivity contribution in [2.45, 2.75) is 38.3 Å². The van der Waals surface area contributed by atoms with Gasteiger partial charge in [-0.1, -0.05) is 18.2 Å². The molecule has 0 aliphatic carbocycles. The molecule has 2 amide bonds. The van der Waals surface area contributed by atoms with Gasteiger partial charge in [0.05, 0.1) is 31.0 Å². The Kier molecular flexibility index (Phi) is 6.43. The largest absolute Gasteiger partial charge is 0.507 e. The van der Waals surface area contributed by atoms with E-state index in [0.29, 0.717) is 49.4 Å². The van der Waals surface area contributed by atoms with Crippen LogP contribution in [0.3, 0.4) is 0 Å². The molecule has 0 aromatic heterocycles. The van der Waals surface area contributed by atoms with E-state index >= 15 is 0 Å². The van der Waals surface area contributed by atoms with Crippen molar-refractivity contribution in [2.75, 3.05) is 50.8 Å². The predicted molar refractivity (Wildman–Crippen MR) is 144 cm³/mol. The minimum atomic E-state index is -1.71. The van der Waals surface area contributed by atoms with E-state index in [-0.39, 0.29) is 29.9 Å². The summed E-state index contributed by atoms with van der Waals surface area (Å²) in [5.41, 5.74) is 0.630. The van der Waals surface area contributed by atoms with Crippen LogP contribution in [0.5, 0.6) is 5.75 Å². The van der Waals surface area contributed by atoms with Gasteiger partial charge < -0.3 is 29.3 Å². The van der Waals surface area contributed by atoms with E-state index < -0.39 is 17.2 Å². The van der Waals surface area contributed by atoms with E-state index in [9.17, 15) is 19.5 Å². The quantitative estimate of drug-likeness (QED) is 0.330. The van der Waals surface area contributed by atoms with Crippen LogP contribution in [0.4, 0.5) is 5.69 Å². The average molecular weight is 533 g/mol. The number of aliphatic hydroxyl groups is 1. The molecule has 2 fully saturated rings. The molecular formula is C30H34N3O6+. The third-order valence-electron chi connectivity index (χ3n) is 8.41. The third-order valence-corrected chi connectivity index (χ3v) is 8.41. The standard InChI is InChI=1S/C30H33N3O6/c1-3-32-23-8-5-4-7-22(23)30(29(32)37)25(26(34)20-9-10-24-21(18-20)17-19(2)39-24)27(35)28(36)33(30)12-6-11-31-13-15-38-16-14-31/h4-5,7-10,18-19,34H,3,6,11-17H2,1-2H3/p+1. The van der Waals surface area contributed by atoms with Crippen LogP contribution in [0.15, 0.2) is 48.0 Å². The zero-order chi connectivity index (χ0) is 27.3. The number of carbonyl (C=O) groups is 3. The molecule has 0 radical (unpaired) electrons. The van der Waals surface area contributed by atoms with Gasteiger partial charge in [0.25, 0.3) is 17.6 Å². The second-order valence-electron chi connectivity index (χ2n) is 10.7. The maximum Gasteiger partial charge on any atom is 0.296 e. The fraction of sp³-hybridized carbons (Fsp3) is 0.433. The predicted octanol–water partition coefficient (Wildman–Crippen LogP) is 1.26. The number of hydrogen-bond acceptors (Lipinski definition) is 6. The Morgan fingerprint density at radius 1 is 1.13 bits per heavy atom. The maximum absolute atomic E-state index is 14.4. The zero-order valence-corrected chi connectivity index (χ0v) is 22.4. The second kappa shape index (κ2) is 9.81. The lowest BCUT2D eigenvalue weighted by molar-refractivity contribution is -0.908. The number of ketones is 1. The number of ether oxygens (including phenoxy) is 2. The highest BCUT2D eigenvalue weighted by Crippen LogP contribution is 2.53. The van der Waals surface area contributed by atoms with Crippen molar-refractivity contribution in [3.63, 3.8) is 0 Å². The molecule has 1 spiro atoms. The van der Waals surface area contributed by atoms with Gasteiger partial charge >= 0.3 is 0 Å². The summed E-state index contributed by atoms with van der Waals surface area (Å²) in [7, 11) is 0. The fourth-order valence-electron chi connectivity index (χ4n) is 6.59. The molecule has 2 saturated heterocycles. The first kappa shape index (κ1) is 25.6. The number of carbonyl (C=O) groups excluding carboxylic acids is 3. The molecule has 2 aromatic carbocycles. The lowest BCUT2D eigenvalue weighted by atomic mass is 9.81. The number of rotatable bonds is 6. The smallest absolute Gasteiger partial charge is 0.296 e. The first-order valence-corrected chi connectivity index (χ1v) is 13.8. The molecule has 0 bridgehead atoms. The molecule has 4 heterocycles. The summed E-state index contributed by atoms with van der Waals surface area (Å²) in [5.74, 6) is -1.58. The molecule has 2 atom stereocenters. The van der Waals surface area contributed by atoms with Gasteiger partial charge in [0, 0.05) is 37.1 Å². The number of para-hydroxylation sites is 1. The number of quaternary nitrogens is 1. The topological polar surface area (TPSA) is 101 Å². The number of nitrogens with zero attached hydrogens (tertiary/aromatic N) is 2. The van der Waals surface area contributed by atoms with Gasteiger partial charge in [-0.25, -0.2) is 0 Å². The number of likely N-dealkylation sites (tertiary alicyclic amines) is 1. The van der Waals surface area contributed by atoms with Crippen LogP contribution in [-0.2, 0) is 31.1 Å². The van der Waals surface area contributed by atoms with Crippen LogP contribution in [0.1, 0.15) is 37.0 Å². The highest BCUT2D eigenvalue weighted by atomic mass is 16.5. The summed E-state index contributed by atoms with van der Waals surface area (Å²) in [5, 5.41) is 11.7. The molecule has 2 aromatic rings. The van der Waals surface area contributed by atoms with E-state index in [0.717, 1.165) is 30.9 Å². The average Bonchev–Trinajstić information content (AvgIpc) is 3.52. The van der Waals surface area contributed by atoms with Crippen LogP contribution in [-0.4, -0.2) is 79.6 Å². The molecule has 2 unspecified atom stereocenters. The SMILES string of the molecule is CCN1C(=O)C2(C(=C(O)c3ccc4c(c3)CC(C)O4)C(=O)C(=O)N2CCC[NH+]2CCOCC2)c2ccccc21. The second-order valence-corrected chi connectivity index (χ2v) is 10.7. The molecule has 4 aliphatic heterocycles. The third kappa shape index (κ3) is 3.86. The van der Waals surface area contributed by atoms with E-state index in [4.69, 9.17) is 9.47 Å². The molecule has 6 rings (SSSR count). The van der Waals surface area contributed by atoms with Crippen LogP contribution in [0.25, 0.3) is 5.76 Å². The van der Waals surface area contributed by atoms with Gasteiger partial charge in [-0.3, -0.25) is 14.4 Å². The minimum Gasteiger partial charge on any atom is -0.507 e. The Labute approximate surface area is 227 Å². The Balaban J connectivity index is 1.48. The molecule has 9 heteroatoms. The Hall–Kier alpha value is -3.69. The van der Waals surface area contributed by atoms with Gasteiger partial charge in [0.15, 0.2) is 5.54 Å². The zero-order valence-electron chi connectivity index (χ0n) is 22.4. The first-order chi connectivity index (χ1) is 18.9. The molecule has 2 N–H and O–H groups in total. The van der Waals surface area contributed by atoms with Crippen molar-refractivity contribution in [2.24, 2.45) is 0 Å². The highest BCUT2D eigenvalue weighted by molar-refractivity contribution is 6.50. The highest BCUT2D eigenvalue weighted by Gasteiger charge is 2.66. The van der Waals surface area contributed by atoms with E-state index in [1.54, 1.807) is 35.2 Å². The molecular weight excluding hydrogens is 498 g/mol.